The van der Waals surface area contributed by atoms with Gasteiger partial charge in [0.15, 0.2) is 0 Å². The highest BCUT2D eigenvalue weighted by Gasteiger charge is 2.48. The molecule has 0 spiro atoms. The lowest BCUT2D eigenvalue weighted by atomic mass is 10.0. The predicted octanol–water partition coefficient (Wildman–Crippen LogP) is 4.61. The van der Waals surface area contributed by atoms with Crippen molar-refractivity contribution in [2.24, 2.45) is 0 Å². The molecule has 0 rings (SSSR count). The average molecular weight is 427 g/mol. The zero-order valence-corrected chi connectivity index (χ0v) is 19.9. The van der Waals surface area contributed by atoms with Crippen molar-refractivity contribution in [3.8, 4) is 0 Å². The van der Waals surface area contributed by atoms with Crippen molar-refractivity contribution < 1.29 is 29.4 Å². The SMILES string of the molecule is CCCCCCCCCCCCCCCCC(O)(C[N+](C)(C)C)P(=O)(O)O.O. The lowest BCUT2D eigenvalue weighted by Gasteiger charge is -2.35. The molecule has 0 heterocycles. The molecule has 0 saturated heterocycles. The molecule has 0 aliphatic heterocycles. The molecule has 0 radical (unpaired) electrons. The summed E-state index contributed by atoms with van der Waals surface area (Å²) in [5.41, 5.74) is 0. The fourth-order valence-corrected chi connectivity index (χ4v) is 4.74. The third kappa shape index (κ3) is 15.9. The van der Waals surface area contributed by atoms with E-state index in [0.29, 0.717) is 10.9 Å². The van der Waals surface area contributed by atoms with E-state index in [9.17, 15) is 19.5 Å². The van der Waals surface area contributed by atoms with E-state index in [-0.39, 0.29) is 18.4 Å². The Morgan fingerprint density at radius 2 is 1.04 bits per heavy atom. The van der Waals surface area contributed by atoms with Gasteiger partial charge in [0, 0.05) is 0 Å². The molecule has 0 saturated carbocycles. The Balaban J connectivity index is 0. The standard InChI is InChI=1S/C21H46NO4P.H2O/c1-5-6-7-8-9-10-11-12-13-14-15-16-17-18-19-21(23,27(24,25)26)20-22(2,3)4;/h23H,5-20H2,1-4H3,(H-,24,25,26);1H2/p+1. The van der Waals surface area contributed by atoms with Crippen LogP contribution in [-0.2, 0) is 4.57 Å². The molecule has 172 valence electrons. The number of rotatable bonds is 18. The molecule has 6 nitrogen and oxygen atoms in total. The van der Waals surface area contributed by atoms with Crippen LogP contribution >= 0.6 is 7.60 Å². The Morgan fingerprint density at radius 3 is 1.32 bits per heavy atom. The van der Waals surface area contributed by atoms with Crippen molar-refractivity contribution in [1.29, 1.82) is 0 Å². The summed E-state index contributed by atoms with van der Waals surface area (Å²) in [4.78, 5) is 19.1. The predicted molar refractivity (Wildman–Crippen MR) is 118 cm³/mol. The van der Waals surface area contributed by atoms with Crippen LogP contribution in [-0.4, -0.2) is 57.9 Å². The van der Waals surface area contributed by atoms with Gasteiger partial charge in [0.2, 0.25) is 5.34 Å². The average Bonchev–Trinajstić information content (AvgIpc) is 2.52. The van der Waals surface area contributed by atoms with Crippen LogP contribution in [0.2, 0.25) is 0 Å². The first-order chi connectivity index (χ1) is 12.5. The summed E-state index contributed by atoms with van der Waals surface area (Å²) in [7, 11) is 0.987. The van der Waals surface area contributed by atoms with E-state index in [4.69, 9.17) is 0 Å². The largest absolute Gasteiger partial charge is 0.412 e. The summed E-state index contributed by atoms with van der Waals surface area (Å²) in [5, 5.41) is 8.60. The zero-order chi connectivity index (χ0) is 20.8. The van der Waals surface area contributed by atoms with Gasteiger partial charge in [-0.2, -0.15) is 0 Å². The summed E-state index contributed by atoms with van der Waals surface area (Å²) >= 11 is 0. The van der Waals surface area contributed by atoms with Crippen molar-refractivity contribution in [2.75, 3.05) is 27.7 Å². The lowest BCUT2D eigenvalue weighted by molar-refractivity contribution is -0.875. The van der Waals surface area contributed by atoms with Gasteiger partial charge in [0.1, 0.15) is 6.54 Å². The summed E-state index contributed by atoms with van der Waals surface area (Å²) in [6, 6.07) is 0. The second-order valence-electron chi connectivity index (χ2n) is 9.32. The Morgan fingerprint density at radius 1 is 0.714 bits per heavy atom. The van der Waals surface area contributed by atoms with E-state index in [1.165, 1.54) is 70.6 Å². The molecule has 1 unspecified atom stereocenters. The highest BCUT2D eigenvalue weighted by molar-refractivity contribution is 7.53. The van der Waals surface area contributed by atoms with E-state index in [1.807, 2.05) is 21.1 Å². The van der Waals surface area contributed by atoms with Crippen LogP contribution in [0.25, 0.3) is 0 Å². The van der Waals surface area contributed by atoms with Gasteiger partial charge in [-0.15, -0.1) is 0 Å². The number of unbranched alkanes of at least 4 members (excludes halogenated alkanes) is 13. The van der Waals surface area contributed by atoms with E-state index in [0.717, 1.165) is 12.8 Å². The Bertz CT molecular complexity index is 408. The monoisotopic (exact) mass is 426 g/mol. The number of nitrogens with zero attached hydrogens (tertiary/aromatic N) is 1. The second kappa shape index (κ2) is 15.8. The molecule has 0 amide bonds. The van der Waals surface area contributed by atoms with Gasteiger partial charge in [0.05, 0.1) is 21.1 Å². The molecule has 0 fully saturated rings. The first-order valence-electron chi connectivity index (χ1n) is 11.1. The molecule has 0 aliphatic carbocycles. The van der Waals surface area contributed by atoms with E-state index in [1.54, 1.807) is 0 Å². The topological polar surface area (TPSA) is 109 Å². The van der Waals surface area contributed by atoms with Gasteiger partial charge in [-0.25, -0.2) is 0 Å². The van der Waals surface area contributed by atoms with Crippen LogP contribution in [0.3, 0.4) is 0 Å². The normalized spacial score (nSPS) is 14.5. The van der Waals surface area contributed by atoms with Crippen LogP contribution in [0.1, 0.15) is 103 Å². The van der Waals surface area contributed by atoms with Gasteiger partial charge >= 0.3 is 7.60 Å². The Kier molecular flexibility index (Phi) is 17.1. The van der Waals surface area contributed by atoms with Crippen molar-refractivity contribution in [2.45, 2.75) is 109 Å². The van der Waals surface area contributed by atoms with Gasteiger partial charge in [0.25, 0.3) is 0 Å². The summed E-state index contributed by atoms with van der Waals surface area (Å²) in [6.07, 6.45) is 17.5. The molecule has 0 aromatic carbocycles. The van der Waals surface area contributed by atoms with E-state index < -0.39 is 12.9 Å². The van der Waals surface area contributed by atoms with Gasteiger partial charge in [-0.1, -0.05) is 90.4 Å². The van der Waals surface area contributed by atoms with Gasteiger partial charge in [-0.05, 0) is 12.8 Å². The highest BCUT2D eigenvalue weighted by Crippen LogP contribution is 2.52. The minimum atomic E-state index is -4.53. The van der Waals surface area contributed by atoms with Crippen molar-refractivity contribution in [1.82, 2.24) is 0 Å². The smallest absolute Gasteiger partial charge is 0.362 e. The van der Waals surface area contributed by atoms with Crippen molar-refractivity contribution in [3.63, 3.8) is 0 Å². The molecule has 1 atom stereocenters. The lowest BCUT2D eigenvalue weighted by Crippen LogP contribution is -2.49. The second-order valence-corrected chi connectivity index (χ2v) is 11.2. The first kappa shape index (κ1) is 30.2. The molecule has 7 heteroatoms. The van der Waals surface area contributed by atoms with Crippen LogP contribution in [0.4, 0.5) is 0 Å². The van der Waals surface area contributed by atoms with Gasteiger partial charge in [-0.3, -0.25) is 4.57 Å². The van der Waals surface area contributed by atoms with E-state index in [2.05, 4.69) is 6.92 Å². The van der Waals surface area contributed by atoms with Crippen molar-refractivity contribution >= 4 is 7.60 Å². The minimum absolute atomic E-state index is 0. The zero-order valence-electron chi connectivity index (χ0n) is 19.0. The number of hydrogen-bond acceptors (Lipinski definition) is 2. The maximum Gasteiger partial charge on any atom is 0.362 e. The summed E-state index contributed by atoms with van der Waals surface area (Å²) in [5.74, 6) is 0. The van der Waals surface area contributed by atoms with Gasteiger partial charge < -0.3 is 24.9 Å². The third-order valence-corrected chi connectivity index (χ3v) is 6.65. The molecular formula is C21H49NO5P+. The number of quaternary nitrogens is 1. The molecule has 5 N–H and O–H groups in total. The first-order valence-corrected chi connectivity index (χ1v) is 12.7. The molecule has 0 aromatic heterocycles. The fourth-order valence-electron chi connectivity index (χ4n) is 3.68. The quantitative estimate of drug-likeness (QED) is 0.169. The highest BCUT2D eigenvalue weighted by atomic mass is 31.2. The van der Waals surface area contributed by atoms with E-state index >= 15 is 0 Å². The molecular weight excluding hydrogens is 377 g/mol. The minimum Gasteiger partial charge on any atom is -0.412 e. The number of likely N-dealkylation sites (N-methyl/N-ethyl adjacent to an activating group) is 1. The fraction of sp³-hybridized carbons (Fsp3) is 1.00. The maximum atomic E-state index is 11.7. The Labute approximate surface area is 173 Å². The molecule has 0 aromatic rings. The third-order valence-electron chi connectivity index (χ3n) is 5.20. The van der Waals surface area contributed by atoms with Crippen molar-refractivity contribution in [3.05, 3.63) is 0 Å². The maximum absolute atomic E-state index is 11.7. The number of aliphatic hydroxyl groups is 1. The van der Waals surface area contributed by atoms with Crippen LogP contribution in [0, 0.1) is 0 Å². The summed E-state index contributed by atoms with van der Waals surface area (Å²) < 4.78 is 12.1. The molecule has 28 heavy (non-hydrogen) atoms. The Hall–Kier alpha value is 0.0300. The summed E-state index contributed by atoms with van der Waals surface area (Å²) in [6.45, 7) is 2.32. The molecule has 0 bridgehead atoms. The van der Waals surface area contributed by atoms with Crippen LogP contribution in [0.5, 0.6) is 0 Å². The number of hydrogen-bond donors (Lipinski definition) is 3. The van der Waals surface area contributed by atoms with Crippen LogP contribution < -0.4 is 0 Å². The van der Waals surface area contributed by atoms with Crippen LogP contribution in [0.15, 0.2) is 0 Å². The molecule has 0 aliphatic rings.